The highest BCUT2D eigenvalue weighted by Gasteiger charge is 2.75. The lowest BCUT2D eigenvalue weighted by Gasteiger charge is -2.38. The number of hydrogen-bond acceptors (Lipinski definition) is 6. The van der Waals surface area contributed by atoms with Crippen LogP contribution >= 0.6 is 11.6 Å². The molecule has 1 spiro atoms. The molecule has 0 unspecified atom stereocenters. The van der Waals surface area contributed by atoms with Gasteiger partial charge in [0, 0.05) is 0 Å². The summed E-state index contributed by atoms with van der Waals surface area (Å²) in [4.78, 5) is 42.2. The fourth-order valence-electron chi connectivity index (χ4n) is 6.05. The summed E-state index contributed by atoms with van der Waals surface area (Å²) >= 11 is 6.37. The van der Waals surface area contributed by atoms with Crippen LogP contribution in [0.2, 0.25) is 5.02 Å². The highest BCUT2D eigenvalue weighted by molar-refractivity contribution is 6.34. The first-order chi connectivity index (χ1) is 16.2. The number of rotatable bonds is 8. The second kappa shape index (κ2) is 9.47. The Bertz CT molecular complexity index is 966. The standard InChI is InChI=1S/C25H33ClN2O6/c1-5-13(3)16(12-29)28-21(22(30)27-20-14(4)8-7-9-15(20)26)25-11-10-17(34-25)18(19(25)23(28)31)24(32)33-6-2/h7-9,13,16-19,21,29H,5-6,10-12H2,1-4H3,(H,27,30)/t13-,16-,17-,18+,19+,21-,25+/m0/s1. The van der Waals surface area contributed by atoms with E-state index < -0.39 is 47.5 Å². The molecule has 2 N–H and O–H groups in total. The number of hydrogen-bond donors (Lipinski definition) is 2. The Hall–Kier alpha value is -2.16. The van der Waals surface area contributed by atoms with Gasteiger partial charge in [-0.15, -0.1) is 0 Å². The van der Waals surface area contributed by atoms with Crippen LogP contribution in [0.15, 0.2) is 18.2 Å². The molecule has 1 aromatic rings. The van der Waals surface area contributed by atoms with E-state index >= 15 is 0 Å². The molecule has 2 amide bonds. The third-order valence-electron chi connectivity index (χ3n) is 7.86. The molecule has 4 rings (SSSR count). The molecule has 7 atom stereocenters. The molecule has 0 aromatic heterocycles. The Morgan fingerprint density at radius 2 is 2.12 bits per heavy atom. The first kappa shape index (κ1) is 24.9. The third kappa shape index (κ3) is 3.71. The SMILES string of the molecule is CCOC(=O)[C@@H]1[C@@H]2CC[C@]3(O2)[C@H](C(=O)Nc2c(C)cccc2Cl)N([C@@H](CO)[C@@H](C)CC)C(=O)[C@@H]13. The van der Waals surface area contributed by atoms with Gasteiger partial charge in [-0.3, -0.25) is 14.4 Å². The smallest absolute Gasteiger partial charge is 0.312 e. The van der Waals surface area contributed by atoms with Crippen molar-refractivity contribution in [1.82, 2.24) is 4.90 Å². The number of anilines is 1. The van der Waals surface area contributed by atoms with E-state index in [0.717, 1.165) is 5.56 Å². The van der Waals surface area contributed by atoms with Gasteiger partial charge in [-0.2, -0.15) is 0 Å². The van der Waals surface area contributed by atoms with Crippen LogP contribution < -0.4 is 5.32 Å². The number of nitrogens with zero attached hydrogens (tertiary/aromatic N) is 1. The summed E-state index contributed by atoms with van der Waals surface area (Å²) in [5, 5.41) is 13.6. The second-order valence-electron chi connectivity index (χ2n) is 9.61. The predicted molar refractivity (Wildman–Crippen MR) is 126 cm³/mol. The van der Waals surface area contributed by atoms with Gasteiger partial charge in [-0.1, -0.05) is 44.0 Å². The summed E-state index contributed by atoms with van der Waals surface area (Å²) in [6, 6.07) is 3.73. The van der Waals surface area contributed by atoms with Crippen LogP contribution in [0.3, 0.4) is 0 Å². The van der Waals surface area contributed by atoms with Gasteiger partial charge in [0.2, 0.25) is 11.8 Å². The van der Waals surface area contributed by atoms with E-state index in [1.807, 2.05) is 26.8 Å². The van der Waals surface area contributed by atoms with Crippen LogP contribution in [0.25, 0.3) is 0 Å². The summed E-state index contributed by atoms with van der Waals surface area (Å²) in [5.74, 6) is -2.90. The van der Waals surface area contributed by atoms with Crippen LogP contribution in [0.4, 0.5) is 5.69 Å². The van der Waals surface area contributed by atoms with Crippen LogP contribution in [0, 0.1) is 24.7 Å². The minimum Gasteiger partial charge on any atom is -0.466 e. The molecule has 0 saturated carbocycles. The zero-order valence-corrected chi connectivity index (χ0v) is 20.8. The number of fused-ring (bicyclic) bond motifs is 1. The molecule has 0 aliphatic carbocycles. The molecular formula is C25H33ClN2O6. The van der Waals surface area contributed by atoms with Crippen molar-refractivity contribution in [3.8, 4) is 0 Å². The van der Waals surface area contributed by atoms with Crippen LogP contribution in [-0.2, 0) is 23.9 Å². The van der Waals surface area contributed by atoms with Gasteiger partial charge < -0.3 is 24.8 Å². The van der Waals surface area contributed by atoms with E-state index in [0.29, 0.717) is 30.0 Å². The van der Waals surface area contributed by atoms with E-state index in [2.05, 4.69) is 5.32 Å². The van der Waals surface area contributed by atoms with Crippen molar-refractivity contribution in [2.24, 2.45) is 17.8 Å². The van der Waals surface area contributed by atoms with Gasteiger partial charge >= 0.3 is 5.97 Å². The van der Waals surface area contributed by atoms with Crippen molar-refractivity contribution >= 4 is 35.1 Å². The number of likely N-dealkylation sites (tertiary alicyclic amines) is 1. The first-order valence-corrected chi connectivity index (χ1v) is 12.4. The van der Waals surface area contributed by atoms with Gasteiger partial charge in [-0.05, 0) is 44.2 Å². The minimum absolute atomic E-state index is 0.0697. The van der Waals surface area contributed by atoms with Gasteiger partial charge in [0.15, 0.2) is 0 Å². The Balaban J connectivity index is 1.78. The van der Waals surface area contributed by atoms with E-state index in [9.17, 15) is 19.5 Å². The zero-order valence-electron chi connectivity index (χ0n) is 20.0. The number of esters is 1. The fraction of sp³-hybridized carbons (Fsp3) is 0.640. The number of carbonyl (C=O) groups excluding carboxylic acids is 3. The number of carbonyl (C=O) groups is 3. The summed E-state index contributed by atoms with van der Waals surface area (Å²) in [6.07, 6.45) is 1.26. The highest BCUT2D eigenvalue weighted by atomic mass is 35.5. The monoisotopic (exact) mass is 492 g/mol. The fourth-order valence-corrected chi connectivity index (χ4v) is 6.32. The second-order valence-corrected chi connectivity index (χ2v) is 10.0. The lowest BCUT2D eigenvalue weighted by Crippen LogP contribution is -2.57. The molecule has 9 heteroatoms. The molecule has 3 aliphatic rings. The van der Waals surface area contributed by atoms with E-state index in [1.54, 1.807) is 19.1 Å². The molecule has 3 aliphatic heterocycles. The highest BCUT2D eigenvalue weighted by Crippen LogP contribution is 2.59. The van der Waals surface area contributed by atoms with Gasteiger partial charge in [0.05, 0.1) is 47.9 Å². The Labute approximate surface area is 204 Å². The average Bonchev–Trinajstić information content (AvgIpc) is 3.44. The zero-order chi connectivity index (χ0) is 24.8. The predicted octanol–water partition coefficient (Wildman–Crippen LogP) is 2.93. The maximum atomic E-state index is 13.9. The lowest BCUT2D eigenvalue weighted by atomic mass is 9.70. The number of ether oxygens (including phenoxy) is 2. The molecule has 2 bridgehead atoms. The van der Waals surface area contributed by atoms with E-state index in [-0.39, 0.29) is 25.0 Å². The van der Waals surface area contributed by atoms with Crippen molar-refractivity contribution in [2.45, 2.75) is 70.7 Å². The molecule has 3 fully saturated rings. The molecule has 1 aromatic carbocycles. The number of amides is 2. The summed E-state index contributed by atoms with van der Waals surface area (Å²) < 4.78 is 11.7. The topological polar surface area (TPSA) is 105 Å². The Kier molecular flexibility index (Phi) is 6.95. The molecule has 186 valence electrons. The lowest BCUT2D eigenvalue weighted by molar-refractivity contribution is -0.155. The number of aliphatic hydroxyl groups is 1. The number of benzene rings is 1. The summed E-state index contributed by atoms with van der Waals surface area (Å²) in [6.45, 7) is 7.36. The van der Waals surface area contributed by atoms with Crippen molar-refractivity contribution in [3.05, 3.63) is 28.8 Å². The third-order valence-corrected chi connectivity index (χ3v) is 8.18. The summed E-state index contributed by atoms with van der Waals surface area (Å²) in [5.41, 5.74) is 0.103. The molecule has 8 nitrogen and oxygen atoms in total. The average molecular weight is 493 g/mol. The normalized spacial score (nSPS) is 31.4. The van der Waals surface area contributed by atoms with Crippen molar-refractivity contribution in [1.29, 1.82) is 0 Å². The number of halogens is 1. The molecule has 34 heavy (non-hydrogen) atoms. The summed E-state index contributed by atoms with van der Waals surface area (Å²) in [7, 11) is 0. The van der Waals surface area contributed by atoms with Gasteiger partial charge in [0.25, 0.3) is 0 Å². The maximum Gasteiger partial charge on any atom is 0.312 e. The van der Waals surface area contributed by atoms with Gasteiger partial charge in [0.1, 0.15) is 11.6 Å². The molecular weight excluding hydrogens is 460 g/mol. The molecule has 3 heterocycles. The number of nitrogens with one attached hydrogen (secondary N) is 1. The molecule has 3 saturated heterocycles. The van der Waals surface area contributed by atoms with Crippen molar-refractivity contribution in [3.63, 3.8) is 0 Å². The van der Waals surface area contributed by atoms with Crippen LogP contribution in [0.1, 0.15) is 45.6 Å². The molecule has 0 radical (unpaired) electrons. The van der Waals surface area contributed by atoms with E-state index in [4.69, 9.17) is 21.1 Å². The Morgan fingerprint density at radius 1 is 1.38 bits per heavy atom. The number of aryl methyl sites for hydroxylation is 1. The van der Waals surface area contributed by atoms with Gasteiger partial charge in [-0.25, -0.2) is 0 Å². The van der Waals surface area contributed by atoms with Crippen LogP contribution in [0.5, 0.6) is 0 Å². The Morgan fingerprint density at radius 3 is 2.74 bits per heavy atom. The quantitative estimate of drug-likeness (QED) is 0.540. The minimum atomic E-state index is -1.15. The first-order valence-electron chi connectivity index (χ1n) is 12.0. The largest absolute Gasteiger partial charge is 0.466 e. The van der Waals surface area contributed by atoms with E-state index in [1.165, 1.54) is 4.90 Å². The van der Waals surface area contributed by atoms with Crippen molar-refractivity contribution < 1.29 is 29.0 Å². The van der Waals surface area contributed by atoms with Crippen LogP contribution in [-0.4, -0.2) is 64.8 Å². The number of para-hydroxylation sites is 1. The van der Waals surface area contributed by atoms with Crippen molar-refractivity contribution in [2.75, 3.05) is 18.5 Å². The number of aliphatic hydroxyl groups excluding tert-OH is 1. The maximum absolute atomic E-state index is 13.9.